The van der Waals surface area contributed by atoms with Gasteiger partial charge in [0, 0.05) is 44.0 Å². The Morgan fingerprint density at radius 1 is 1.05 bits per heavy atom. The fraction of sp³-hybridized carbons (Fsp3) is 0.370. The molecule has 0 saturated carbocycles. The maximum Gasteiger partial charge on any atom is 0.296 e. The van der Waals surface area contributed by atoms with E-state index in [9.17, 15) is 13.6 Å². The molecule has 0 bridgehead atoms. The number of para-hydroxylation sites is 2. The molecule has 3 aromatic heterocycles. The first kappa shape index (κ1) is 25.1. The lowest BCUT2D eigenvalue weighted by atomic mass is 10.2. The molecule has 0 spiro atoms. The van der Waals surface area contributed by atoms with Gasteiger partial charge in [0.25, 0.3) is 6.43 Å². The predicted octanol–water partition coefficient (Wildman–Crippen LogP) is 3.21. The molecule has 0 N–H and O–H groups in total. The summed E-state index contributed by atoms with van der Waals surface area (Å²) in [5.41, 5.74) is 1.67. The molecule has 1 aromatic carbocycles. The molecule has 2 aliphatic rings. The number of halogens is 2. The molecule has 4 aromatic rings. The Bertz CT molecular complexity index is 1460. The normalized spacial score (nSPS) is 17.8. The number of morpholine rings is 1. The Morgan fingerprint density at radius 3 is 2.67 bits per heavy atom. The number of imidazole rings is 1. The maximum atomic E-state index is 14.1. The zero-order valence-electron chi connectivity index (χ0n) is 21.1. The molecule has 10 nitrogen and oxygen atoms in total. The van der Waals surface area contributed by atoms with Crippen molar-refractivity contribution in [1.82, 2.24) is 29.4 Å². The number of alkyl halides is 2. The van der Waals surface area contributed by atoms with E-state index >= 15 is 0 Å². The Labute approximate surface area is 223 Å². The van der Waals surface area contributed by atoms with Crippen molar-refractivity contribution in [2.75, 3.05) is 44.3 Å². The van der Waals surface area contributed by atoms with Crippen LogP contribution >= 0.6 is 0 Å². The first-order valence-corrected chi connectivity index (χ1v) is 12.9. The summed E-state index contributed by atoms with van der Waals surface area (Å²) < 4.78 is 41.2. The van der Waals surface area contributed by atoms with Gasteiger partial charge in [0.05, 0.1) is 37.2 Å². The highest BCUT2D eigenvalue weighted by molar-refractivity contribution is 5.79. The van der Waals surface area contributed by atoms with E-state index in [2.05, 4.69) is 19.9 Å². The van der Waals surface area contributed by atoms with Crippen molar-refractivity contribution in [1.29, 1.82) is 0 Å². The molecule has 2 aliphatic heterocycles. The number of anilines is 1. The summed E-state index contributed by atoms with van der Waals surface area (Å²) in [7, 11) is 0. The van der Waals surface area contributed by atoms with Gasteiger partial charge < -0.3 is 19.3 Å². The van der Waals surface area contributed by atoms with E-state index in [-0.39, 0.29) is 30.1 Å². The fourth-order valence-corrected chi connectivity index (χ4v) is 4.90. The average Bonchev–Trinajstić information content (AvgIpc) is 3.59. The summed E-state index contributed by atoms with van der Waals surface area (Å²) in [6.45, 7) is 3.09. The largest absolute Gasteiger partial charge is 0.472 e. The summed E-state index contributed by atoms with van der Waals surface area (Å²) in [6.07, 6.45) is -0.600. The van der Waals surface area contributed by atoms with Gasteiger partial charge in [0.15, 0.2) is 5.82 Å². The van der Waals surface area contributed by atoms with E-state index in [0.717, 1.165) is 0 Å². The molecule has 12 heteroatoms. The van der Waals surface area contributed by atoms with Crippen LogP contribution in [0.1, 0.15) is 24.4 Å². The summed E-state index contributed by atoms with van der Waals surface area (Å²) >= 11 is 0. The number of carbonyl (C=O) groups excluding carboxylic acids is 1. The molecule has 6 rings (SSSR count). The SMILES string of the molecule is O=C(Cc1ccccn1)N1CC[C@H](Oc2cc(-n3c(C(F)F)nc4ccccc43)nc(N3CCOCC3)n2)C1. The van der Waals surface area contributed by atoms with Crippen LogP contribution in [0.3, 0.4) is 0 Å². The third-order valence-electron chi connectivity index (χ3n) is 6.83. The zero-order chi connectivity index (χ0) is 26.8. The van der Waals surface area contributed by atoms with Gasteiger partial charge in [-0.05, 0) is 24.3 Å². The Hall–Kier alpha value is -4.19. The molecular weight excluding hydrogens is 508 g/mol. The topological polar surface area (TPSA) is 98.5 Å². The van der Waals surface area contributed by atoms with E-state index in [4.69, 9.17) is 9.47 Å². The van der Waals surface area contributed by atoms with Gasteiger partial charge in [0.1, 0.15) is 11.9 Å². The lowest BCUT2D eigenvalue weighted by molar-refractivity contribution is -0.129. The van der Waals surface area contributed by atoms with Crippen molar-refractivity contribution in [2.45, 2.75) is 25.4 Å². The number of nitrogens with zero attached hydrogens (tertiary/aromatic N) is 7. The smallest absolute Gasteiger partial charge is 0.296 e. The van der Waals surface area contributed by atoms with Crippen molar-refractivity contribution >= 4 is 22.9 Å². The molecule has 2 fully saturated rings. The predicted molar refractivity (Wildman–Crippen MR) is 138 cm³/mol. The number of benzene rings is 1. The van der Waals surface area contributed by atoms with Crippen LogP contribution in [-0.4, -0.2) is 80.8 Å². The highest BCUT2D eigenvalue weighted by atomic mass is 19.3. The quantitative estimate of drug-likeness (QED) is 0.356. The van der Waals surface area contributed by atoms with E-state index in [1.807, 2.05) is 23.1 Å². The molecule has 202 valence electrons. The van der Waals surface area contributed by atoms with E-state index < -0.39 is 12.2 Å². The molecule has 39 heavy (non-hydrogen) atoms. The van der Waals surface area contributed by atoms with Crippen LogP contribution in [0.5, 0.6) is 5.88 Å². The van der Waals surface area contributed by atoms with Gasteiger partial charge in [-0.1, -0.05) is 18.2 Å². The van der Waals surface area contributed by atoms with E-state index in [1.165, 1.54) is 4.57 Å². The zero-order valence-corrected chi connectivity index (χ0v) is 21.1. The molecular formula is C27H27F2N7O3. The number of pyridine rings is 1. The average molecular weight is 536 g/mol. The van der Waals surface area contributed by atoms with Crippen molar-refractivity contribution in [3.63, 3.8) is 0 Å². The van der Waals surface area contributed by atoms with Crippen molar-refractivity contribution in [3.8, 4) is 11.7 Å². The molecule has 2 saturated heterocycles. The first-order valence-electron chi connectivity index (χ1n) is 12.9. The Kier molecular flexibility index (Phi) is 7.01. The molecule has 0 radical (unpaired) electrons. The number of amides is 1. The van der Waals surface area contributed by atoms with Crippen LogP contribution in [0.15, 0.2) is 54.7 Å². The number of carbonyl (C=O) groups is 1. The number of rotatable bonds is 7. The second kappa shape index (κ2) is 10.9. The van der Waals surface area contributed by atoms with Crippen LogP contribution in [0, 0.1) is 0 Å². The highest BCUT2D eigenvalue weighted by Crippen LogP contribution is 2.30. The highest BCUT2D eigenvalue weighted by Gasteiger charge is 2.29. The minimum atomic E-state index is -2.81. The minimum absolute atomic E-state index is 0.0244. The van der Waals surface area contributed by atoms with E-state index in [0.29, 0.717) is 68.5 Å². The lowest BCUT2D eigenvalue weighted by Crippen LogP contribution is -2.37. The Morgan fingerprint density at radius 2 is 1.87 bits per heavy atom. The second-order valence-corrected chi connectivity index (χ2v) is 9.42. The number of hydrogen-bond acceptors (Lipinski definition) is 8. The van der Waals surface area contributed by atoms with Crippen molar-refractivity contribution in [2.24, 2.45) is 0 Å². The second-order valence-electron chi connectivity index (χ2n) is 9.42. The number of aromatic nitrogens is 5. The van der Waals surface area contributed by atoms with E-state index in [1.54, 1.807) is 41.4 Å². The number of likely N-dealkylation sites (tertiary alicyclic amines) is 1. The minimum Gasteiger partial charge on any atom is -0.472 e. The van der Waals surface area contributed by atoms with Crippen molar-refractivity contribution in [3.05, 3.63) is 66.2 Å². The lowest BCUT2D eigenvalue weighted by Gasteiger charge is -2.27. The van der Waals surface area contributed by atoms with Crippen LogP contribution in [0.25, 0.3) is 16.9 Å². The third kappa shape index (κ3) is 5.37. The van der Waals surface area contributed by atoms with Crippen LogP contribution in [-0.2, 0) is 16.0 Å². The number of hydrogen-bond donors (Lipinski definition) is 0. The number of fused-ring (bicyclic) bond motifs is 1. The van der Waals surface area contributed by atoms with Gasteiger partial charge >= 0.3 is 0 Å². The fourth-order valence-electron chi connectivity index (χ4n) is 4.90. The molecule has 5 heterocycles. The van der Waals surface area contributed by atoms with Gasteiger partial charge in [-0.25, -0.2) is 13.8 Å². The molecule has 0 aliphatic carbocycles. The first-order chi connectivity index (χ1) is 19.0. The van der Waals surface area contributed by atoms with Crippen LogP contribution < -0.4 is 9.64 Å². The standard InChI is InChI=1S/C27H27F2N7O3/c28-25(29)26-31-20-6-1-2-7-21(20)36(26)22-16-23(33-27(32-22)34-11-13-38-14-12-34)39-19-8-10-35(17-19)24(37)15-18-5-3-4-9-30-18/h1-7,9,16,19,25H,8,10-15,17H2/t19-/m0/s1. The third-order valence-corrected chi connectivity index (χ3v) is 6.83. The van der Waals surface area contributed by atoms with Gasteiger partial charge in [-0.2, -0.15) is 9.97 Å². The van der Waals surface area contributed by atoms with Crippen LogP contribution in [0.4, 0.5) is 14.7 Å². The van der Waals surface area contributed by atoms with Gasteiger partial charge in [-0.3, -0.25) is 14.3 Å². The molecule has 0 unspecified atom stereocenters. The molecule has 1 atom stereocenters. The summed E-state index contributed by atoms with van der Waals surface area (Å²) in [5, 5.41) is 0. The molecule has 1 amide bonds. The summed E-state index contributed by atoms with van der Waals surface area (Å²) in [4.78, 5) is 34.2. The van der Waals surface area contributed by atoms with Crippen molar-refractivity contribution < 1.29 is 23.0 Å². The summed E-state index contributed by atoms with van der Waals surface area (Å²) in [5.74, 6) is 0.435. The maximum absolute atomic E-state index is 14.1. The summed E-state index contributed by atoms with van der Waals surface area (Å²) in [6, 6.07) is 14.0. The van der Waals surface area contributed by atoms with Gasteiger partial charge in [0.2, 0.25) is 17.7 Å². The van der Waals surface area contributed by atoms with Crippen LogP contribution in [0.2, 0.25) is 0 Å². The monoisotopic (exact) mass is 535 g/mol. The van der Waals surface area contributed by atoms with Gasteiger partial charge in [-0.15, -0.1) is 0 Å². The Balaban J connectivity index is 1.29. The number of ether oxygens (including phenoxy) is 2.